The van der Waals surface area contributed by atoms with E-state index in [4.69, 9.17) is 0 Å². The fourth-order valence-electron chi connectivity index (χ4n) is 6.38. The van der Waals surface area contributed by atoms with Gasteiger partial charge in [0, 0.05) is 44.3 Å². The molecule has 6 aromatic carbocycles. The summed E-state index contributed by atoms with van der Waals surface area (Å²) < 4.78 is 25.5. The van der Waals surface area contributed by atoms with Crippen molar-refractivity contribution in [2.75, 3.05) is 0 Å². The van der Waals surface area contributed by atoms with Crippen molar-refractivity contribution in [3.8, 4) is 0 Å². The lowest BCUT2D eigenvalue weighted by Gasteiger charge is -2.29. The quantitative estimate of drug-likeness (QED) is 0.169. The molecular formula is C41H32N4O2. The van der Waals surface area contributed by atoms with Crippen molar-refractivity contribution in [1.82, 2.24) is 9.13 Å². The topological polar surface area (TPSA) is 58.1 Å². The molecule has 0 saturated heterocycles. The van der Waals surface area contributed by atoms with E-state index in [0.717, 1.165) is 0 Å². The van der Waals surface area contributed by atoms with Gasteiger partial charge in [-0.15, -0.1) is 0 Å². The van der Waals surface area contributed by atoms with Crippen LogP contribution in [0.4, 0.5) is 0 Å². The Labute approximate surface area is 275 Å². The minimum atomic E-state index is -2.34. The Bertz CT molecular complexity index is 2150. The first kappa shape index (κ1) is 26.4. The first-order valence-electron chi connectivity index (χ1n) is 16.4. The zero-order valence-corrected chi connectivity index (χ0v) is 25.3. The fourth-order valence-corrected chi connectivity index (χ4v) is 6.38. The molecule has 2 heterocycles. The van der Waals surface area contributed by atoms with Crippen LogP contribution in [0, 0.1) is 12.7 Å². The Balaban J connectivity index is 1.39. The molecule has 0 fully saturated rings. The van der Waals surface area contributed by atoms with Gasteiger partial charge < -0.3 is 28.5 Å². The highest BCUT2D eigenvalue weighted by Crippen LogP contribution is 2.31. The standard InChI is InChI=1S/C41H32N4O2/c46-40(32-17-5-1-6-18-32,33-19-7-2-8-20-33)44-30-42(36-25-13-15-27-38(36)44)29-43-31-45(39-28-16-14-26-37(39)43)41(47,34-21-9-3-10-22-34)35-23-11-4-12-24-35/h1-28,46-47H,29H2/i29D2. The highest BCUT2D eigenvalue weighted by Gasteiger charge is 2.39. The smallest absolute Gasteiger partial charge is 0.242 e. The van der Waals surface area contributed by atoms with Crippen molar-refractivity contribution >= 4 is 22.1 Å². The zero-order valence-electron chi connectivity index (χ0n) is 27.3. The summed E-state index contributed by atoms with van der Waals surface area (Å²) in [6.45, 7) is -2.34. The average Bonchev–Trinajstić information content (AvgIpc) is 3.77. The summed E-state index contributed by atoms with van der Waals surface area (Å²) in [6, 6.07) is 51.9. The zero-order chi connectivity index (χ0) is 33.6. The molecule has 0 amide bonds. The van der Waals surface area contributed by atoms with Crippen LogP contribution in [0.1, 0.15) is 25.0 Å². The van der Waals surface area contributed by atoms with Crippen LogP contribution in [0.5, 0.6) is 0 Å². The number of para-hydroxylation sites is 4. The van der Waals surface area contributed by atoms with Gasteiger partial charge in [-0.2, -0.15) is 0 Å². The molecular weight excluding hydrogens is 580 g/mol. The third-order valence-electron chi connectivity index (χ3n) is 8.68. The molecule has 0 bridgehead atoms. The molecule has 2 aromatic heterocycles. The van der Waals surface area contributed by atoms with Gasteiger partial charge in [0.1, 0.15) is 2.74 Å². The van der Waals surface area contributed by atoms with E-state index in [-0.39, 0.29) is 0 Å². The highest BCUT2D eigenvalue weighted by molar-refractivity contribution is 5.73. The predicted molar refractivity (Wildman–Crippen MR) is 180 cm³/mol. The van der Waals surface area contributed by atoms with Crippen LogP contribution >= 0.6 is 0 Å². The van der Waals surface area contributed by atoms with Crippen LogP contribution in [0.2, 0.25) is 0 Å². The Morgan fingerprint density at radius 1 is 0.447 bits per heavy atom. The second-order valence-electron chi connectivity index (χ2n) is 11.4. The van der Waals surface area contributed by atoms with E-state index in [1.165, 1.54) is 9.13 Å². The van der Waals surface area contributed by atoms with Crippen LogP contribution in [0.25, 0.3) is 22.1 Å². The molecule has 6 heteroatoms. The second kappa shape index (κ2) is 11.5. The van der Waals surface area contributed by atoms with E-state index in [0.29, 0.717) is 44.3 Å². The third kappa shape index (κ3) is 4.65. The maximum atomic E-state index is 12.8. The van der Waals surface area contributed by atoms with Crippen molar-refractivity contribution in [3.63, 3.8) is 0 Å². The molecule has 2 N–H and O–H groups in total. The first-order chi connectivity index (χ1) is 23.8. The first-order valence-corrected chi connectivity index (χ1v) is 15.4. The third-order valence-corrected chi connectivity index (χ3v) is 8.68. The van der Waals surface area contributed by atoms with Crippen LogP contribution < -0.4 is 9.13 Å². The summed E-state index contributed by atoms with van der Waals surface area (Å²) in [5.41, 5.74) is 1.05. The number of hydrogen-bond acceptors (Lipinski definition) is 2. The van der Waals surface area contributed by atoms with Crippen molar-refractivity contribution in [1.29, 1.82) is 0 Å². The van der Waals surface area contributed by atoms with Gasteiger partial charge in [-0.05, 0) is 0 Å². The monoisotopic (exact) mass is 614 g/mol. The van der Waals surface area contributed by atoms with Crippen molar-refractivity contribution < 1.29 is 22.1 Å². The number of nitrogens with zero attached hydrogens (tertiary/aromatic N) is 4. The number of hydrogen-bond donors (Lipinski definition) is 2. The summed E-state index contributed by atoms with van der Waals surface area (Å²) in [5.74, 6) is 0. The Morgan fingerprint density at radius 2 is 0.723 bits per heavy atom. The minimum Gasteiger partial charge on any atom is -0.347 e. The van der Waals surface area contributed by atoms with Gasteiger partial charge in [-0.25, -0.2) is 0 Å². The lowest BCUT2D eigenvalue weighted by atomic mass is 9.94. The van der Waals surface area contributed by atoms with Gasteiger partial charge in [0.15, 0.2) is 6.62 Å². The van der Waals surface area contributed by atoms with E-state index in [9.17, 15) is 13.0 Å². The van der Waals surface area contributed by atoms with E-state index >= 15 is 0 Å². The van der Waals surface area contributed by atoms with Crippen LogP contribution in [0.15, 0.2) is 170 Å². The van der Waals surface area contributed by atoms with E-state index in [1.54, 1.807) is 21.3 Å². The molecule has 228 valence electrons. The van der Waals surface area contributed by atoms with Gasteiger partial charge in [-0.3, -0.25) is 0 Å². The van der Waals surface area contributed by atoms with Gasteiger partial charge >= 0.3 is 0 Å². The van der Waals surface area contributed by atoms with E-state index < -0.39 is 18.1 Å². The van der Waals surface area contributed by atoms with Crippen LogP contribution in [-0.2, 0) is 18.1 Å². The SMILES string of the molecule is [2H]C([2H])(n1[c-][n+](C(O)(c2ccccc2)c2ccccc2)c2ccccc21)n1[c-][n+](C(O)(c2ccccc2)c2ccccc2)c2ccccc21. The lowest BCUT2D eigenvalue weighted by molar-refractivity contribution is -0.767. The summed E-state index contributed by atoms with van der Waals surface area (Å²) in [7, 11) is 0. The summed E-state index contributed by atoms with van der Waals surface area (Å²) in [5, 5.41) is 25.5. The van der Waals surface area contributed by atoms with Crippen LogP contribution in [0.3, 0.4) is 0 Å². The molecule has 0 aliphatic carbocycles. The largest absolute Gasteiger partial charge is 0.347 e. The number of rotatable bonds is 8. The molecule has 0 unspecified atom stereocenters. The Morgan fingerprint density at radius 3 is 1.04 bits per heavy atom. The maximum absolute atomic E-state index is 12.8. The predicted octanol–water partition coefficient (Wildman–Crippen LogP) is 5.76. The number of fused-ring (bicyclic) bond motifs is 2. The molecule has 8 aromatic rings. The molecule has 0 atom stereocenters. The summed E-state index contributed by atoms with van der Waals surface area (Å²) >= 11 is 0. The molecule has 0 saturated carbocycles. The highest BCUT2D eigenvalue weighted by atomic mass is 16.3. The van der Waals surface area contributed by atoms with E-state index in [1.807, 2.05) is 158 Å². The van der Waals surface area contributed by atoms with Gasteiger partial charge in [-0.1, -0.05) is 170 Å². The molecule has 0 radical (unpaired) electrons. The van der Waals surface area contributed by atoms with Crippen molar-refractivity contribution in [2.24, 2.45) is 0 Å². The Hall–Kier alpha value is -5.82. The van der Waals surface area contributed by atoms with Crippen molar-refractivity contribution in [2.45, 2.75) is 18.1 Å². The number of imidazole rings is 2. The average molecular weight is 615 g/mol. The maximum Gasteiger partial charge on any atom is 0.242 e. The lowest BCUT2D eigenvalue weighted by Crippen LogP contribution is -2.57. The van der Waals surface area contributed by atoms with E-state index in [2.05, 4.69) is 12.7 Å². The van der Waals surface area contributed by atoms with Crippen LogP contribution in [-0.4, -0.2) is 19.3 Å². The summed E-state index contributed by atoms with van der Waals surface area (Å²) in [6.07, 6.45) is 6.48. The van der Waals surface area contributed by atoms with Gasteiger partial charge in [0.2, 0.25) is 24.1 Å². The van der Waals surface area contributed by atoms with Gasteiger partial charge in [0.25, 0.3) is 0 Å². The van der Waals surface area contributed by atoms with Gasteiger partial charge in [0.05, 0.1) is 0 Å². The molecule has 8 rings (SSSR count). The van der Waals surface area contributed by atoms with Crippen molar-refractivity contribution in [3.05, 3.63) is 205 Å². The minimum absolute atomic E-state index is 0.497. The molecule has 0 aliphatic heterocycles. The molecule has 0 aliphatic rings. The summed E-state index contributed by atoms with van der Waals surface area (Å²) in [4.78, 5) is 0. The fraction of sp³-hybridized carbons (Fsp3) is 0.0732. The Kier molecular flexibility index (Phi) is 6.47. The number of aromatic nitrogens is 4. The molecule has 0 spiro atoms. The number of aliphatic hydroxyl groups is 2. The normalized spacial score (nSPS) is 13.1. The second-order valence-corrected chi connectivity index (χ2v) is 11.4. The molecule has 47 heavy (non-hydrogen) atoms. The molecule has 6 nitrogen and oxygen atoms in total. The number of benzene rings is 6.